The molecule has 0 aliphatic heterocycles. The van der Waals surface area contributed by atoms with Gasteiger partial charge in [0.05, 0.1) is 14.8 Å². The quantitative estimate of drug-likeness (QED) is 0.0249. The van der Waals surface area contributed by atoms with Crippen LogP contribution in [0.3, 0.4) is 0 Å². The summed E-state index contributed by atoms with van der Waals surface area (Å²) in [6.45, 7) is 8.01. The van der Waals surface area contributed by atoms with Crippen molar-refractivity contribution in [1.82, 2.24) is 0 Å². The summed E-state index contributed by atoms with van der Waals surface area (Å²) in [5.74, 6) is -5.74. The van der Waals surface area contributed by atoms with Gasteiger partial charge in [-0.15, -0.1) is 0 Å². The van der Waals surface area contributed by atoms with Crippen molar-refractivity contribution >= 4 is 109 Å². The van der Waals surface area contributed by atoms with Gasteiger partial charge in [0.2, 0.25) is 23.7 Å². The number of nitrogens with zero attached hydrogens (tertiary/aromatic N) is 1. The Labute approximate surface area is 424 Å². The Morgan fingerprint density at radius 3 is 1.22 bits per heavy atom. The first-order valence-corrected chi connectivity index (χ1v) is 27.2. The summed E-state index contributed by atoms with van der Waals surface area (Å²) >= 11 is 5.65. The monoisotopic (exact) mass is 1240 g/mol. The molecular weight excluding hydrogens is 1160 g/mol. The van der Waals surface area contributed by atoms with E-state index < -0.39 is 59.4 Å². The second-order valence-electron chi connectivity index (χ2n) is 17.2. The van der Waals surface area contributed by atoms with E-state index >= 15 is 0 Å². The molecular formula is C49H78I3NO11. The van der Waals surface area contributed by atoms with Crippen LogP contribution in [0.4, 0.5) is 5.69 Å². The molecule has 0 saturated carbocycles. The smallest absolute Gasteiger partial charge is 0.347 e. The molecule has 0 aromatic heterocycles. The highest BCUT2D eigenvalue weighted by Gasteiger charge is 2.56. The molecule has 1 aromatic carbocycles. The van der Waals surface area contributed by atoms with Crippen LogP contribution < -0.4 is 4.90 Å². The number of anilines is 1. The van der Waals surface area contributed by atoms with Crippen molar-refractivity contribution in [3.8, 4) is 0 Å². The number of carbonyl (C=O) groups excluding carboxylic acids is 6. The Bertz CT molecular complexity index is 1530. The molecule has 1 rings (SSSR count). The average molecular weight is 1240 g/mol. The van der Waals surface area contributed by atoms with Gasteiger partial charge < -0.3 is 24.8 Å². The lowest BCUT2D eigenvalue weighted by Gasteiger charge is -2.34. The highest BCUT2D eigenvalue weighted by Crippen LogP contribution is 2.36. The molecule has 0 bridgehead atoms. The first-order chi connectivity index (χ1) is 30.5. The second kappa shape index (κ2) is 34.9. The van der Waals surface area contributed by atoms with Crippen LogP contribution in [0, 0.1) is 10.7 Å². The number of hydrogen-bond donors (Lipinski definition) is 3. The maximum absolute atomic E-state index is 13.8. The van der Waals surface area contributed by atoms with Gasteiger partial charge in [-0.05, 0) is 86.7 Å². The zero-order valence-corrected chi connectivity index (χ0v) is 45.8. The third kappa shape index (κ3) is 22.2. The van der Waals surface area contributed by atoms with Crippen molar-refractivity contribution in [2.75, 3.05) is 4.90 Å². The molecule has 2 amide bonds. The summed E-state index contributed by atoms with van der Waals surface area (Å²) in [5, 5.41) is 34.3. The lowest BCUT2D eigenvalue weighted by Crippen LogP contribution is -2.64. The number of esters is 2. The Hall–Kier alpha value is -1.29. The predicted molar refractivity (Wildman–Crippen MR) is 277 cm³/mol. The SMILES string of the molecule is CCCCCCCCCCCCCCCC(=O)C(O)C(O)(C(=O)OC(C)OC(=O)c1c(I)cc(I)c(N(C(C)=O)C(C)=O)c1I)C(O)C(=O)CCCCCCCCCCCCCCC. The maximum atomic E-state index is 13.8. The van der Waals surface area contributed by atoms with Gasteiger partial charge in [-0.3, -0.25) is 19.2 Å². The molecule has 0 aliphatic carbocycles. The van der Waals surface area contributed by atoms with E-state index in [1.165, 1.54) is 104 Å². The summed E-state index contributed by atoms with van der Waals surface area (Å²) < 4.78 is 11.8. The van der Waals surface area contributed by atoms with E-state index in [1.807, 2.05) is 67.8 Å². The number of imide groups is 1. The molecule has 0 aliphatic rings. The van der Waals surface area contributed by atoms with Crippen LogP contribution in [0.5, 0.6) is 0 Å². The summed E-state index contributed by atoms with van der Waals surface area (Å²) in [7, 11) is 0. The first-order valence-electron chi connectivity index (χ1n) is 24.0. The Balaban J connectivity index is 3.00. The molecule has 3 atom stereocenters. The Morgan fingerprint density at radius 1 is 0.562 bits per heavy atom. The van der Waals surface area contributed by atoms with E-state index in [9.17, 15) is 44.1 Å². The third-order valence-electron chi connectivity index (χ3n) is 11.6. The van der Waals surface area contributed by atoms with Gasteiger partial charge in [0.1, 0.15) is 0 Å². The van der Waals surface area contributed by atoms with Gasteiger partial charge in [0, 0.05) is 40.8 Å². The number of Topliss-reactive ketones (excluding diaryl/α,β-unsaturated/α-hetero) is 2. The number of benzene rings is 1. The van der Waals surface area contributed by atoms with Gasteiger partial charge in [0.15, 0.2) is 23.8 Å². The van der Waals surface area contributed by atoms with E-state index in [0.29, 0.717) is 32.8 Å². The Kier molecular flexibility index (Phi) is 33.1. The molecule has 0 heterocycles. The van der Waals surface area contributed by atoms with Crippen LogP contribution in [-0.4, -0.2) is 74.7 Å². The van der Waals surface area contributed by atoms with Crippen LogP contribution in [0.25, 0.3) is 0 Å². The zero-order valence-electron chi connectivity index (χ0n) is 39.3. The van der Waals surface area contributed by atoms with Crippen LogP contribution >= 0.6 is 67.8 Å². The highest BCUT2D eigenvalue weighted by atomic mass is 127. The van der Waals surface area contributed by atoms with Gasteiger partial charge in [0.25, 0.3) is 0 Å². The van der Waals surface area contributed by atoms with Crippen molar-refractivity contribution in [1.29, 1.82) is 0 Å². The normalized spacial score (nSPS) is 13.7. The summed E-state index contributed by atoms with van der Waals surface area (Å²) in [6.07, 6.45) is 20.8. The van der Waals surface area contributed by atoms with Crippen molar-refractivity contribution in [3.05, 3.63) is 22.3 Å². The van der Waals surface area contributed by atoms with Crippen LogP contribution in [0.1, 0.15) is 225 Å². The lowest BCUT2D eigenvalue weighted by atomic mass is 9.83. The van der Waals surface area contributed by atoms with Crippen molar-refractivity contribution in [2.45, 2.75) is 239 Å². The summed E-state index contributed by atoms with van der Waals surface area (Å²) in [4.78, 5) is 79.8. The largest absolute Gasteiger partial charge is 0.423 e. The molecule has 0 radical (unpaired) electrons. The standard InChI is InChI=1S/C49H78I3NO11/c1-6-8-10-12-14-16-18-20-22-24-26-28-30-32-40(56)45(58)49(62,46(59)41(57)33-31-29-27-25-23-21-19-17-15-13-11-9-7-2)48(61)64-37(5)63-47(60)42-38(50)34-39(51)44(43(42)52)53(35(3)54)36(4)55/h34,37,45-46,58-59,62H,6-33H2,1-5H3. The molecule has 64 heavy (non-hydrogen) atoms. The molecule has 0 saturated heterocycles. The van der Waals surface area contributed by atoms with Gasteiger partial charge in [-0.25, -0.2) is 14.5 Å². The van der Waals surface area contributed by atoms with Crippen LogP contribution in [0.15, 0.2) is 6.07 Å². The van der Waals surface area contributed by atoms with E-state index in [4.69, 9.17) is 9.47 Å². The number of ketones is 2. The number of amides is 2. The highest BCUT2D eigenvalue weighted by molar-refractivity contribution is 14.1. The zero-order chi connectivity index (χ0) is 48.1. The third-order valence-corrected chi connectivity index (χ3v) is 14.3. The molecule has 366 valence electrons. The number of hydrogen-bond acceptors (Lipinski definition) is 11. The molecule has 3 N–H and O–H groups in total. The fourth-order valence-electron chi connectivity index (χ4n) is 7.76. The lowest BCUT2D eigenvalue weighted by molar-refractivity contribution is -0.214. The Morgan fingerprint density at radius 2 is 0.891 bits per heavy atom. The predicted octanol–water partition coefficient (Wildman–Crippen LogP) is 12.0. The molecule has 12 nitrogen and oxygen atoms in total. The minimum Gasteiger partial charge on any atom is -0.423 e. The second-order valence-corrected chi connectivity index (χ2v) is 20.6. The van der Waals surface area contributed by atoms with Crippen LogP contribution in [0.2, 0.25) is 0 Å². The maximum Gasteiger partial charge on any atom is 0.347 e. The van der Waals surface area contributed by atoms with Crippen molar-refractivity contribution < 1.29 is 53.6 Å². The number of carbonyl (C=O) groups is 6. The van der Waals surface area contributed by atoms with Gasteiger partial charge in [-0.2, -0.15) is 0 Å². The first kappa shape index (κ1) is 60.7. The van der Waals surface area contributed by atoms with E-state index in [-0.39, 0.29) is 27.7 Å². The number of ether oxygens (including phenoxy) is 2. The fourth-order valence-corrected chi connectivity index (χ4v) is 12.1. The minimum atomic E-state index is -3.38. The van der Waals surface area contributed by atoms with E-state index in [2.05, 4.69) is 13.8 Å². The average Bonchev–Trinajstić information content (AvgIpc) is 3.23. The van der Waals surface area contributed by atoms with E-state index in [1.54, 1.807) is 6.07 Å². The number of aliphatic hydroxyl groups excluding tert-OH is 2. The number of halogens is 3. The van der Waals surface area contributed by atoms with Crippen molar-refractivity contribution in [2.24, 2.45) is 0 Å². The molecule has 0 spiro atoms. The number of unbranched alkanes of at least 4 members (excludes halogenated alkanes) is 24. The fraction of sp³-hybridized carbons (Fsp3) is 0.755. The topological polar surface area (TPSA) is 185 Å². The summed E-state index contributed by atoms with van der Waals surface area (Å²) in [5.41, 5.74) is -3.25. The van der Waals surface area contributed by atoms with E-state index in [0.717, 1.165) is 63.2 Å². The summed E-state index contributed by atoms with van der Waals surface area (Å²) in [6, 6.07) is 1.57. The van der Waals surface area contributed by atoms with Crippen molar-refractivity contribution in [3.63, 3.8) is 0 Å². The minimum absolute atomic E-state index is 0.0386. The van der Waals surface area contributed by atoms with Gasteiger partial charge in [-0.1, -0.05) is 168 Å². The number of aliphatic hydroxyl groups is 3. The molecule has 15 heteroatoms. The number of rotatable bonds is 37. The molecule has 3 unspecified atom stereocenters. The molecule has 1 aromatic rings. The van der Waals surface area contributed by atoms with Crippen LogP contribution in [-0.2, 0) is 33.4 Å². The van der Waals surface area contributed by atoms with Gasteiger partial charge >= 0.3 is 11.9 Å². The molecule has 0 fully saturated rings.